The Labute approximate surface area is 197 Å². The summed E-state index contributed by atoms with van der Waals surface area (Å²) >= 11 is 0. The first-order valence-corrected chi connectivity index (χ1v) is 11.4. The van der Waals surface area contributed by atoms with Crippen molar-refractivity contribution in [1.82, 2.24) is 0 Å². The quantitative estimate of drug-likeness (QED) is 0.279. The first-order valence-electron chi connectivity index (χ1n) is 12.9. The van der Waals surface area contributed by atoms with Gasteiger partial charge in [-0.1, -0.05) is 70.2 Å². The molecule has 0 N–H and O–H groups in total. The maximum atomic E-state index is 7.89. The van der Waals surface area contributed by atoms with Gasteiger partial charge in [0.2, 0.25) is 5.69 Å². The van der Waals surface area contributed by atoms with Gasteiger partial charge in [0.1, 0.15) is 7.05 Å². The van der Waals surface area contributed by atoms with Gasteiger partial charge in [0.25, 0.3) is 0 Å². The topological polar surface area (TPSA) is 3.88 Å². The normalized spacial score (nSPS) is 17.8. The zero-order valence-corrected chi connectivity index (χ0v) is 20.2. The van der Waals surface area contributed by atoms with E-state index in [1.165, 1.54) is 38.6 Å². The Bertz CT molecular complexity index is 1510. The molecule has 3 aromatic carbocycles. The molecule has 0 unspecified atom stereocenters. The summed E-state index contributed by atoms with van der Waals surface area (Å²) in [6.45, 7) is 11.4. The third-order valence-corrected chi connectivity index (χ3v) is 8.20. The molecule has 5 rings (SSSR count). The van der Waals surface area contributed by atoms with Crippen LogP contribution in [0.4, 0.5) is 0 Å². The van der Waals surface area contributed by atoms with Crippen LogP contribution in [0.15, 0.2) is 60.8 Å². The monoisotopic (exact) mass is 423 g/mol. The number of pyridine rings is 1. The predicted molar refractivity (Wildman–Crippen MR) is 136 cm³/mol. The van der Waals surface area contributed by atoms with Crippen LogP contribution in [-0.2, 0) is 17.9 Å². The highest BCUT2D eigenvalue weighted by molar-refractivity contribution is 5.96. The van der Waals surface area contributed by atoms with Crippen LogP contribution in [0.5, 0.6) is 0 Å². The molecule has 162 valence electrons. The van der Waals surface area contributed by atoms with E-state index in [-0.39, 0.29) is 10.8 Å². The van der Waals surface area contributed by atoms with Crippen molar-refractivity contribution in [3.05, 3.63) is 88.6 Å². The van der Waals surface area contributed by atoms with E-state index < -0.39 is 6.85 Å². The minimum atomic E-state index is -2.12. The highest BCUT2D eigenvalue weighted by atomic mass is 14.9. The SMILES string of the molecule is [2H]C([2H])([2H])c1c[n+](C)c(-c2cc3c(cc2C)-c2ccc4ccccc4c2C(C)(C)C3(C)C)cc1C. The van der Waals surface area contributed by atoms with E-state index >= 15 is 0 Å². The predicted octanol–water partition coefficient (Wildman–Crippen LogP) is 7.49. The molecule has 1 aliphatic carbocycles. The van der Waals surface area contributed by atoms with Gasteiger partial charge >= 0.3 is 0 Å². The average molecular weight is 424 g/mol. The fourth-order valence-corrected chi connectivity index (χ4v) is 5.56. The third-order valence-electron chi connectivity index (χ3n) is 8.20. The molecule has 0 radical (unpaired) electrons. The summed E-state index contributed by atoms with van der Waals surface area (Å²) in [6, 6.07) is 20.0. The van der Waals surface area contributed by atoms with E-state index in [1.54, 1.807) is 6.20 Å². The maximum absolute atomic E-state index is 7.89. The van der Waals surface area contributed by atoms with Gasteiger partial charge < -0.3 is 0 Å². The van der Waals surface area contributed by atoms with Crippen molar-refractivity contribution in [1.29, 1.82) is 0 Å². The van der Waals surface area contributed by atoms with Crippen LogP contribution in [0.25, 0.3) is 33.2 Å². The Morgan fingerprint density at radius 1 is 0.750 bits per heavy atom. The van der Waals surface area contributed by atoms with Crippen molar-refractivity contribution in [3.8, 4) is 22.4 Å². The second-order valence-corrected chi connectivity index (χ2v) is 10.5. The number of aryl methyl sites for hydroxylation is 4. The van der Waals surface area contributed by atoms with Gasteiger partial charge in [-0.05, 0) is 76.3 Å². The minimum absolute atomic E-state index is 0.0913. The van der Waals surface area contributed by atoms with Crippen LogP contribution >= 0.6 is 0 Å². The van der Waals surface area contributed by atoms with Crippen molar-refractivity contribution >= 4 is 10.8 Å². The van der Waals surface area contributed by atoms with Crippen LogP contribution < -0.4 is 4.57 Å². The summed E-state index contributed by atoms with van der Waals surface area (Å²) < 4.78 is 25.6. The molecule has 4 aromatic rings. The number of hydrogen-bond acceptors (Lipinski definition) is 0. The van der Waals surface area contributed by atoms with Crippen LogP contribution in [0.1, 0.15) is 59.6 Å². The van der Waals surface area contributed by atoms with E-state index in [9.17, 15) is 0 Å². The van der Waals surface area contributed by atoms with Gasteiger partial charge in [0.15, 0.2) is 6.20 Å². The molecular formula is C31H34N+. The molecule has 32 heavy (non-hydrogen) atoms. The van der Waals surface area contributed by atoms with Crippen molar-refractivity contribution in [2.24, 2.45) is 7.05 Å². The van der Waals surface area contributed by atoms with Crippen LogP contribution in [0, 0.1) is 20.7 Å². The standard InChI is InChI=1S/C31H34N/c1-19-16-28(32(8)18-21(19)3)25-17-27-26(15-20(25)2)24-14-13-22-11-9-10-12-23(22)29(24)31(6,7)30(27,4)5/h9-18H,1-8H3/q+1/i3D3. The molecule has 0 atom stereocenters. The Hall–Kier alpha value is -2.93. The second kappa shape index (κ2) is 6.78. The van der Waals surface area contributed by atoms with Crippen LogP contribution in [0.2, 0.25) is 0 Å². The van der Waals surface area contributed by atoms with E-state index in [1.807, 2.05) is 24.6 Å². The highest BCUT2D eigenvalue weighted by Gasteiger charge is 2.47. The van der Waals surface area contributed by atoms with Crippen molar-refractivity contribution in [2.45, 2.75) is 59.2 Å². The molecule has 0 fully saturated rings. The Morgan fingerprint density at radius 2 is 1.50 bits per heavy atom. The van der Waals surface area contributed by atoms with Gasteiger partial charge in [-0.15, -0.1) is 0 Å². The lowest BCUT2D eigenvalue weighted by molar-refractivity contribution is -0.660. The summed E-state index contributed by atoms with van der Waals surface area (Å²) in [7, 11) is 1.94. The number of hydrogen-bond donors (Lipinski definition) is 0. The molecule has 1 heteroatoms. The Kier molecular flexibility index (Phi) is 3.73. The number of aromatic nitrogens is 1. The van der Waals surface area contributed by atoms with Crippen molar-refractivity contribution < 1.29 is 8.68 Å². The van der Waals surface area contributed by atoms with Gasteiger partial charge in [0, 0.05) is 26.7 Å². The summed E-state index contributed by atoms with van der Waals surface area (Å²) in [5.74, 6) is 0. The van der Waals surface area contributed by atoms with Gasteiger partial charge in [-0.25, -0.2) is 4.57 Å². The largest absolute Gasteiger partial charge is 0.212 e. The first kappa shape index (κ1) is 17.6. The molecular weight excluding hydrogens is 386 g/mol. The van der Waals surface area contributed by atoms with E-state index in [0.717, 1.165) is 16.8 Å². The number of fused-ring (bicyclic) bond motifs is 5. The molecule has 0 spiro atoms. The van der Waals surface area contributed by atoms with E-state index in [0.29, 0.717) is 5.56 Å². The smallest absolute Gasteiger partial charge is 0.201 e. The van der Waals surface area contributed by atoms with E-state index in [4.69, 9.17) is 4.11 Å². The average Bonchev–Trinajstić information content (AvgIpc) is 2.77. The lowest BCUT2D eigenvalue weighted by Gasteiger charge is -2.49. The summed E-state index contributed by atoms with van der Waals surface area (Å²) in [5.41, 5.74) is 9.74. The van der Waals surface area contributed by atoms with Gasteiger partial charge in [-0.2, -0.15) is 0 Å². The Balaban J connectivity index is 1.81. The fourth-order valence-electron chi connectivity index (χ4n) is 5.56. The molecule has 0 amide bonds. The van der Waals surface area contributed by atoms with Crippen molar-refractivity contribution in [3.63, 3.8) is 0 Å². The molecule has 0 saturated carbocycles. The molecule has 1 aliphatic rings. The molecule has 1 aromatic heterocycles. The summed E-state index contributed by atoms with van der Waals surface area (Å²) in [4.78, 5) is 0. The fraction of sp³-hybridized carbons (Fsp3) is 0.323. The lowest BCUT2D eigenvalue weighted by Crippen LogP contribution is -2.44. The molecule has 1 heterocycles. The van der Waals surface area contributed by atoms with Gasteiger partial charge in [-0.3, -0.25) is 0 Å². The highest BCUT2D eigenvalue weighted by Crippen LogP contribution is 2.56. The minimum Gasteiger partial charge on any atom is -0.201 e. The summed E-state index contributed by atoms with van der Waals surface area (Å²) in [5, 5.41) is 2.61. The number of benzene rings is 3. The zero-order valence-electron chi connectivity index (χ0n) is 23.2. The van der Waals surface area contributed by atoms with Crippen LogP contribution in [-0.4, -0.2) is 0 Å². The third kappa shape index (κ3) is 2.73. The molecule has 0 saturated heterocycles. The molecule has 1 nitrogen and oxygen atoms in total. The van der Waals surface area contributed by atoms with Crippen molar-refractivity contribution in [2.75, 3.05) is 0 Å². The van der Waals surface area contributed by atoms with Gasteiger partial charge in [0.05, 0.1) is 0 Å². The number of rotatable bonds is 1. The second-order valence-electron chi connectivity index (χ2n) is 10.5. The Morgan fingerprint density at radius 3 is 2.25 bits per heavy atom. The first-order chi connectivity index (χ1) is 16.2. The summed E-state index contributed by atoms with van der Waals surface area (Å²) in [6.07, 6.45) is 1.77. The zero-order chi connectivity index (χ0) is 25.5. The van der Waals surface area contributed by atoms with Crippen LogP contribution in [0.3, 0.4) is 0 Å². The molecule has 0 aliphatic heterocycles. The number of nitrogens with zero attached hydrogens (tertiary/aromatic N) is 1. The molecule has 0 bridgehead atoms. The van der Waals surface area contributed by atoms with E-state index in [2.05, 4.69) is 83.1 Å². The lowest BCUT2D eigenvalue weighted by atomic mass is 9.54. The maximum Gasteiger partial charge on any atom is 0.212 e.